The molecule has 3 aromatic rings. The number of aromatic hydroxyl groups is 1. The van der Waals surface area contributed by atoms with Crippen molar-refractivity contribution >= 4 is 30.2 Å². The van der Waals surface area contributed by atoms with E-state index in [2.05, 4.69) is 20.8 Å². The Labute approximate surface area is 165 Å². The lowest BCUT2D eigenvalue weighted by molar-refractivity contribution is 0.252. The molecule has 0 aliphatic carbocycles. The van der Waals surface area contributed by atoms with Crippen LogP contribution in [-0.4, -0.2) is 26.9 Å². The van der Waals surface area contributed by atoms with Crippen LogP contribution in [0.1, 0.15) is 11.1 Å². The number of hydrogen-bond donors (Lipinski definition) is 4. The Balaban J connectivity index is 1.84. The van der Waals surface area contributed by atoms with Crippen LogP contribution in [0.3, 0.4) is 0 Å². The highest BCUT2D eigenvalue weighted by molar-refractivity contribution is 7.71. The maximum absolute atomic E-state index is 12.2. The molecule has 2 aromatic carbocycles. The number of urea groups is 1. The van der Waals surface area contributed by atoms with Gasteiger partial charge in [-0.3, -0.25) is 14.3 Å². The van der Waals surface area contributed by atoms with Crippen molar-refractivity contribution in [2.75, 3.05) is 5.32 Å². The summed E-state index contributed by atoms with van der Waals surface area (Å²) in [5.74, 6) is -0.383. The van der Waals surface area contributed by atoms with Crippen molar-refractivity contribution in [3.8, 4) is 11.6 Å². The SMILES string of the molecule is Cc1ccc(-n2c(O)c(C=NNC(=O)Nc3ccccc3)c(=O)[nH]c2=S)cc1. The molecule has 2 amide bonds. The number of benzene rings is 2. The van der Waals surface area contributed by atoms with Crippen LogP contribution in [0, 0.1) is 11.7 Å². The Morgan fingerprint density at radius 1 is 1.18 bits per heavy atom. The Bertz CT molecular complexity index is 1130. The van der Waals surface area contributed by atoms with Crippen molar-refractivity contribution in [2.45, 2.75) is 6.92 Å². The predicted octanol–water partition coefficient (Wildman–Crippen LogP) is 3.06. The lowest BCUT2D eigenvalue weighted by Crippen LogP contribution is -2.25. The second kappa shape index (κ2) is 8.31. The molecule has 0 aliphatic rings. The lowest BCUT2D eigenvalue weighted by atomic mass is 10.2. The van der Waals surface area contributed by atoms with Gasteiger partial charge < -0.3 is 10.4 Å². The zero-order valence-electron chi connectivity index (χ0n) is 14.8. The Kier molecular flexibility index (Phi) is 5.66. The van der Waals surface area contributed by atoms with Crippen molar-refractivity contribution < 1.29 is 9.90 Å². The Hall–Kier alpha value is -3.72. The van der Waals surface area contributed by atoms with E-state index < -0.39 is 11.6 Å². The smallest absolute Gasteiger partial charge is 0.339 e. The second-order valence-corrected chi connectivity index (χ2v) is 6.24. The number of anilines is 1. The monoisotopic (exact) mass is 395 g/mol. The van der Waals surface area contributed by atoms with E-state index in [-0.39, 0.29) is 16.2 Å². The van der Waals surface area contributed by atoms with Gasteiger partial charge in [0, 0.05) is 5.69 Å². The van der Waals surface area contributed by atoms with E-state index in [0.29, 0.717) is 11.4 Å². The van der Waals surface area contributed by atoms with Gasteiger partial charge in [-0.2, -0.15) is 5.10 Å². The van der Waals surface area contributed by atoms with Crippen LogP contribution in [0.2, 0.25) is 0 Å². The van der Waals surface area contributed by atoms with Gasteiger partial charge >= 0.3 is 6.03 Å². The third-order valence-electron chi connectivity index (χ3n) is 3.80. The zero-order chi connectivity index (χ0) is 20.1. The number of hydrazone groups is 1. The molecule has 1 aromatic heterocycles. The number of nitrogens with one attached hydrogen (secondary N) is 3. The van der Waals surface area contributed by atoms with Gasteiger partial charge in [-0.15, -0.1) is 0 Å². The van der Waals surface area contributed by atoms with Crippen LogP contribution in [-0.2, 0) is 0 Å². The molecule has 0 unspecified atom stereocenters. The van der Waals surface area contributed by atoms with Gasteiger partial charge in [0.25, 0.3) is 5.56 Å². The third kappa shape index (κ3) is 4.33. The van der Waals surface area contributed by atoms with E-state index >= 15 is 0 Å². The zero-order valence-corrected chi connectivity index (χ0v) is 15.7. The molecule has 0 bridgehead atoms. The van der Waals surface area contributed by atoms with Crippen LogP contribution < -0.4 is 16.3 Å². The first-order chi connectivity index (χ1) is 13.5. The summed E-state index contributed by atoms with van der Waals surface area (Å²) in [7, 11) is 0. The van der Waals surface area contributed by atoms with Crippen molar-refractivity contribution in [3.63, 3.8) is 0 Å². The number of H-pyrrole nitrogens is 1. The van der Waals surface area contributed by atoms with E-state index in [4.69, 9.17) is 12.2 Å². The van der Waals surface area contributed by atoms with Crippen LogP contribution in [0.4, 0.5) is 10.5 Å². The first-order valence-corrected chi connectivity index (χ1v) is 8.67. The second-order valence-electron chi connectivity index (χ2n) is 5.86. The van der Waals surface area contributed by atoms with Gasteiger partial charge in [0.2, 0.25) is 5.88 Å². The van der Waals surface area contributed by atoms with Crippen molar-refractivity contribution in [2.24, 2.45) is 5.10 Å². The molecule has 0 spiro atoms. The van der Waals surface area contributed by atoms with Gasteiger partial charge in [-0.05, 0) is 43.4 Å². The molecule has 0 radical (unpaired) electrons. The lowest BCUT2D eigenvalue weighted by Gasteiger charge is -2.11. The summed E-state index contributed by atoms with van der Waals surface area (Å²) < 4.78 is 1.35. The molecule has 0 fully saturated rings. The summed E-state index contributed by atoms with van der Waals surface area (Å²) in [4.78, 5) is 26.5. The van der Waals surface area contributed by atoms with E-state index in [1.807, 2.05) is 25.1 Å². The fourth-order valence-corrected chi connectivity index (χ4v) is 2.71. The topological polar surface area (TPSA) is 112 Å². The first-order valence-electron chi connectivity index (χ1n) is 8.26. The van der Waals surface area contributed by atoms with Crippen molar-refractivity contribution in [1.29, 1.82) is 0 Å². The molecule has 0 atom stereocenters. The standard InChI is InChI=1S/C19H17N5O3S/c1-12-7-9-14(10-8-12)24-17(26)15(16(25)22-19(24)28)11-20-23-18(27)21-13-5-3-2-4-6-13/h2-11,26H,1H3,(H2,21,23,27)(H,22,25,28). The largest absolute Gasteiger partial charge is 0.494 e. The number of aromatic amines is 1. The fourth-order valence-electron chi connectivity index (χ4n) is 2.42. The molecular formula is C19H17N5O3S. The average Bonchev–Trinajstić information content (AvgIpc) is 2.66. The van der Waals surface area contributed by atoms with Gasteiger partial charge in [-0.25, -0.2) is 10.2 Å². The summed E-state index contributed by atoms with van der Waals surface area (Å²) in [6.07, 6.45) is 1.05. The number of para-hydroxylation sites is 1. The molecule has 3 rings (SSSR count). The summed E-state index contributed by atoms with van der Waals surface area (Å²) in [6.45, 7) is 1.93. The molecule has 0 aliphatic heterocycles. The summed E-state index contributed by atoms with van der Waals surface area (Å²) in [5, 5.41) is 16.8. The Morgan fingerprint density at radius 3 is 2.54 bits per heavy atom. The van der Waals surface area contributed by atoms with Gasteiger partial charge in [-0.1, -0.05) is 35.9 Å². The molecule has 9 heteroatoms. The summed E-state index contributed by atoms with van der Waals surface area (Å²) >= 11 is 5.15. The maximum atomic E-state index is 12.2. The molecule has 0 saturated carbocycles. The number of carbonyl (C=O) groups excluding carboxylic acids is 1. The van der Waals surface area contributed by atoms with E-state index in [1.165, 1.54) is 4.57 Å². The van der Waals surface area contributed by atoms with Crippen molar-refractivity contribution in [1.82, 2.24) is 15.0 Å². The summed E-state index contributed by atoms with van der Waals surface area (Å²) in [5.41, 5.74) is 3.67. The molecule has 142 valence electrons. The van der Waals surface area contributed by atoms with E-state index in [1.54, 1.807) is 36.4 Å². The molecule has 28 heavy (non-hydrogen) atoms. The minimum atomic E-state index is -0.625. The predicted molar refractivity (Wildman–Crippen MR) is 110 cm³/mol. The molecule has 1 heterocycles. The van der Waals surface area contributed by atoms with Gasteiger partial charge in [0.1, 0.15) is 5.56 Å². The number of aromatic nitrogens is 2. The molecule has 4 N–H and O–H groups in total. The highest BCUT2D eigenvalue weighted by Gasteiger charge is 2.12. The summed E-state index contributed by atoms with van der Waals surface area (Å²) in [6, 6.07) is 15.4. The number of hydrogen-bond acceptors (Lipinski definition) is 5. The fraction of sp³-hybridized carbons (Fsp3) is 0.0526. The van der Waals surface area contributed by atoms with Crippen LogP contribution in [0.5, 0.6) is 5.88 Å². The minimum Gasteiger partial charge on any atom is -0.494 e. The van der Waals surface area contributed by atoms with Crippen LogP contribution in [0.25, 0.3) is 5.69 Å². The first kappa shape index (κ1) is 19.1. The third-order valence-corrected chi connectivity index (χ3v) is 4.09. The number of aryl methyl sites for hydroxylation is 1. The average molecular weight is 395 g/mol. The number of nitrogens with zero attached hydrogens (tertiary/aromatic N) is 2. The van der Waals surface area contributed by atoms with Crippen LogP contribution in [0.15, 0.2) is 64.5 Å². The van der Waals surface area contributed by atoms with E-state index in [9.17, 15) is 14.7 Å². The van der Waals surface area contributed by atoms with Crippen molar-refractivity contribution in [3.05, 3.63) is 80.8 Å². The molecule has 0 saturated heterocycles. The number of rotatable bonds is 4. The minimum absolute atomic E-state index is 0.0401. The van der Waals surface area contributed by atoms with Crippen LogP contribution >= 0.6 is 12.2 Å². The number of amides is 2. The Morgan fingerprint density at radius 2 is 1.86 bits per heavy atom. The van der Waals surface area contributed by atoms with Gasteiger partial charge in [0.05, 0.1) is 11.9 Å². The molecule has 8 nitrogen and oxygen atoms in total. The normalized spacial score (nSPS) is 10.8. The quantitative estimate of drug-likeness (QED) is 0.309. The highest BCUT2D eigenvalue weighted by Crippen LogP contribution is 2.18. The van der Waals surface area contributed by atoms with Gasteiger partial charge in [0.15, 0.2) is 4.77 Å². The number of carbonyl (C=O) groups is 1. The molecular weight excluding hydrogens is 378 g/mol. The maximum Gasteiger partial charge on any atom is 0.339 e. The highest BCUT2D eigenvalue weighted by atomic mass is 32.1. The van der Waals surface area contributed by atoms with E-state index in [0.717, 1.165) is 11.8 Å².